The van der Waals surface area contributed by atoms with Crippen LogP contribution in [-0.2, 0) is 12.1 Å². The lowest BCUT2D eigenvalue weighted by Crippen LogP contribution is -2.62. The predicted molar refractivity (Wildman–Crippen MR) is 75.4 cm³/mol. The van der Waals surface area contributed by atoms with Crippen molar-refractivity contribution in [2.75, 3.05) is 13.1 Å². The summed E-state index contributed by atoms with van der Waals surface area (Å²) in [6, 6.07) is 2.09. The van der Waals surface area contributed by atoms with Crippen molar-refractivity contribution in [2.24, 2.45) is 0 Å². The highest BCUT2D eigenvalue weighted by molar-refractivity contribution is 5.94. The van der Waals surface area contributed by atoms with Crippen LogP contribution in [0.1, 0.15) is 49.7 Å². The van der Waals surface area contributed by atoms with Crippen LogP contribution in [0.4, 0.5) is 0 Å². The summed E-state index contributed by atoms with van der Waals surface area (Å²) in [5, 5.41) is 7.27. The number of Topliss-reactive ketones (excluding diaryl/α,β-unsaturated/α-hetero) is 1. The molecule has 4 nitrogen and oxygen atoms in total. The van der Waals surface area contributed by atoms with Crippen molar-refractivity contribution in [3.8, 4) is 0 Å². The number of nitrogens with one attached hydrogen (secondary N) is 2. The molecule has 0 aliphatic carbocycles. The minimum absolute atomic E-state index is 0.0285. The highest BCUT2D eigenvalue weighted by Gasteiger charge is 2.44. The Morgan fingerprint density at radius 1 is 1.32 bits per heavy atom. The Labute approximate surface area is 114 Å². The summed E-state index contributed by atoms with van der Waals surface area (Å²) in [7, 11) is 0. The van der Waals surface area contributed by atoms with Gasteiger partial charge in [-0.2, -0.15) is 0 Å². The third kappa shape index (κ3) is 2.13. The Kier molecular flexibility index (Phi) is 2.84. The highest BCUT2D eigenvalue weighted by atomic mass is 16.1. The first-order chi connectivity index (χ1) is 8.92. The van der Waals surface area contributed by atoms with Crippen LogP contribution in [0.3, 0.4) is 0 Å². The van der Waals surface area contributed by atoms with Crippen molar-refractivity contribution >= 4 is 5.78 Å². The lowest BCUT2D eigenvalue weighted by Gasteiger charge is -2.49. The van der Waals surface area contributed by atoms with Gasteiger partial charge in [0.15, 0.2) is 5.78 Å². The minimum atomic E-state index is 0.0285. The summed E-state index contributed by atoms with van der Waals surface area (Å²) in [6.07, 6.45) is 4.19. The number of fused-ring (bicyclic) bond motifs is 2. The van der Waals surface area contributed by atoms with Gasteiger partial charge in [-0.25, -0.2) is 0 Å². The highest BCUT2D eigenvalue weighted by Crippen LogP contribution is 2.38. The van der Waals surface area contributed by atoms with Crippen LogP contribution in [0.15, 0.2) is 12.3 Å². The molecular formula is C15H23N3O. The van der Waals surface area contributed by atoms with Crippen LogP contribution < -0.4 is 10.6 Å². The van der Waals surface area contributed by atoms with Gasteiger partial charge in [-0.3, -0.25) is 10.1 Å². The number of rotatable bonds is 1. The maximum absolute atomic E-state index is 11.6. The van der Waals surface area contributed by atoms with Crippen LogP contribution >= 0.6 is 0 Å². The second kappa shape index (κ2) is 4.18. The van der Waals surface area contributed by atoms with Gasteiger partial charge < -0.3 is 9.88 Å². The van der Waals surface area contributed by atoms with Crippen molar-refractivity contribution in [2.45, 2.75) is 51.2 Å². The number of ketones is 1. The third-order valence-corrected chi connectivity index (χ3v) is 4.39. The van der Waals surface area contributed by atoms with Crippen LogP contribution in [-0.4, -0.2) is 29.0 Å². The van der Waals surface area contributed by atoms with Crippen molar-refractivity contribution in [3.63, 3.8) is 0 Å². The molecule has 0 unspecified atom stereocenters. The molecule has 2 aliphatic rings. The van der Waals surface area contributed by atoms with Crippen molar-refractivity contribution in [1.82, 2.24) is 15.2 Å². The van der Waals surface area contributed by atoms with Gasteiger partial charge in [-0.05, 0) is 52.8 Å². The Bertz CT molecular complexity index is 509. The zero-order chi connectivity index (χ0) is 13.7. The van der Waals surface area contributed by atoms with E-state index in [1.165, 1.54) is 5.69 Å². The molecule has 1 spiro atoms. The quantitative estimate of drug-likeness (QED) is 0.756. The van der Waals surface area contributed by atoms with E-state index in [2.05, 4.69) is 35.1 Å². The SMILES string of the molecule is CC(=O)c1cc2n(c1)CC(C)(C)NC21CCNCC1. The first-order valence-electron chi connectivity index (χ1n) is 7.14. The maximum atomic E-state index is 11.6. The number of hydrogen-bond donors (Lipinski definition) is 2. The summed E-state index contributed by atoms with van der Waals surface area (Å²) in [4.78, 5) is 11.6. The number of hydrogen-bond acceptors (Lipinski definition) is 3. The van der Waals surface area contributed by atoms with Crippen LogP contribution in [0.2, 0.25) is 0 Å². The molecule has 0 atom stereocenters. The monoisotopic (exact) mass is 261 g/mol. The van der Waals surface area contributed by atoms with Crippen molar-refractivity contribution < 1.29 is 4.79 Å². The Balaban J connectivity index is 2.09. The number of carbonyl (C=O) groups is 1. The van der Waals surface area contributed by atoms with Crippen molar-refractivity contribution in [3.05, 3.63) is 23.5 Å². The van der Waals surface area contributed by atoms with Gasteiger partial charge in [-0.15, -0.1) is 0 Å². The van der Waals surface area contributed by atoms with Gasteiger partial charge in [0, 0.05) is 29.5 Å². The molecule has 104 valence electrons. The van der Waals surface area contributed by atoms with E-state index in [9.17, 15) is 4.79 Å². The zero-order valence-electron chi connectivity index (χ0n) is 12.0. The van der Waals surface area contributed by atoms with E-state index in [0.717, 1.165) is 38.0 Å². The molecule has 0 radical (unpaired) electrons. The average molecular weight is 261 g/mol. The van der Waals surface area contributed by atoms with Crippen LogP contribution in [0.25, 0.3) is 0 Å². The predicted octanol–water partition coefficient (Wildman–Crippen LogP) is 1.65. The fourth-order valence-corrected chi connectivity index (χ4v) is 3.65. The fraction of sp³-hybridized carbons (Fsp3) is 0.667. The van der Waals surface area contributed by atoms with E-state index in [-0.39, 0.29) is 16.9 Å². The van der Waals surface area contributed by atoms with E-state index in [1.54, 1.807) is 6.92 Å². The normalized spacial score (nSPS) is 24.2. The fourth-order valence-electron chi connectivity index (χ4n) is 3.65. The van der Waals surface area contributed by atoms with Gasteiger partial charge in [0.25, 0.3) is 0 Å². The molecule has 1 fully saturated rings. The average Bonchev–Trinajstić information content (AvgIpc) is 2.73. The largest absolute Gasteiger partial charge is 0.347 e. The molecule has 2 aliphatic heterocycles. The lowest BCUT2D eigenvalue weighted by molar-refractivity contribution is 0.101. The first-order valence-corrected chi connectivity index (χ1v) is 7.14. The maximum Gasteiger partial charge on any atom is 0.161 e. The minimum Gasteiger partial charge on any atom is -0.347 e. The zero-order valence-corrected chi connectivity index (χ0v) is 12.0. The van der Waals surface area contributed by atoms with Gasteiger partial charge >= 0.3 is 0 Å². The molecule has 2 N–H and O–H groups in total. The smallest absolute Gasteiger partial charge is 0.161 e. The molecule has 1 aromatic heterocycles. The van der Waals surface area contributed by atoms with Gasteiger partial charge in [0.1, 0.15) is 0 Å². The summed E-state index contributed by atoms with van der Waals surface area (Å²) in [5.41, 5.74) is 2.23. The Morgan fingerprint density at radius 3 is 2.63 bits per heavy atom. The summed E-state index contributed by atoms with van der Waals surface area (Å²) >= 11 is 0. The van der Waals surface area contributed by atoms with Crippen molar-refractivity contribution in [1.29, 1.82) is 0 Å². The summed E-state index contributed by atoms with van der Waals surface area (Å²) in [5.74, 6) is 0.156. The second-order valence-corrected chi connectivity index (χ2v) is 6.64. The Morgan fingerprint density at radius 2 is 2.00 bits per heavy atom. The van der Waals surface area contributed by atoms with E-state index < -0.39 is 0 Å². The van der Waals surface area contributed by atoms with E-state index >= 15 is 0 Å². The Hall–Kier alpha value is -1.13. The number of aromatic nitrogens is 1. The summed E-state index contributed by atoms with van der Waals surface area (Å²) in [6.45, 7) is 9.12. The molecule has 0 bridgehead atoms. The standard InChI is InChI=1S/C15H23N3O/c1-11(19)12-8-13-15(4-6-16-7-5-15)17-14(2,3)10-18(13)9-12/h8-9,16-17H,4-7,10H2,1-3H3. The molecule has 19 heavy (non-hydrogen) atoms. The number of piperidine rings is 1. The molecule has 3 rings (SSSR count). The molecule has 0 saturated carbocycles. The molecule has 3 heterocycles. The molecule has 1 saturated heterocycles. The lowest BCUT2D eigenvalue weighted by atomic mass is 9.80. The van der Waals surface area contributed by atoms with E-state index in [0.29, 0.717) is 0 Å². The van der Waals surface area contributed by atoms with Gasteiger partial charge in [0.2, 0.25) is 0 Å². The van der Waals surface area contributed by atoms with E-state index in [4.69, 9.17) is 0 Å². The second-order valence-electron chi connectivity index (χ2n) is 6.64. The van der Waals surface area contributed by atoms with Crippen LogP contribution in [0, 0.1) is 0 Å². The first kappa shape index (κ1) is 12.9. The number of carbonyl (C=O) groups excluding carboxylic acids is 1. The molecule has 0 aromatic carbocycles. The topological polar surface area (TPSA) is 46.1 Å². The van der Waals surface area contributed by atoms with E-state index in [1.807, 2.05) is 6.20 Å². The van der Waals surface area contributed by atoms with Gasteiger partial charge in [-0.1, -0.05) is 0 Å². The molecular weight excluding hydrogens is 238 g/mol. The van der Waals surface area contributed by atoms with Gasteiger partial charge in [0.05, 0.1) is 5.54 Å². The third-order valence-electron chi connectivity index (χ3n) is 4.39. The molecule has 4 heteroatoms. The van der Waals surface area contributed by atoms with Crippen LogP contribution in [0.5, 0.6) is 0 Å². The number of nitrogens with zero attached hydrogens (tertiary/aromatic N) is 1. The summed E-state index contributed by atoms with van der Waals surface area (Å²) < 4.78 is 2.29. The molecule has 1 aromatic rings. The molecule has 0 amide bonds.